The molecule has 0 saturated carbocycles. The predicted molar refractivity (Wildman–Crippen MR) is 89.0 cm³/mol. The molecule has 0 heterocycles. The summed E-state index contributed by atoms with van der Waals surface area (Å²) in [7, 11) is 0. The van der Waals surface area contributed by atoms with Gasteiger partial charge in [0.1, 0.15) is 5.75 Å². The van der Waals surface area contributed by atoms with Crippen molar-refractivity contribution in [2.24, 2.45) is 5.92 Å². The molecule has 0 unspecified atom stereocenters. The molecule has 2 rings (SSSR count). The predicted octanol–water partition coefficient (Wildman–Crippen LogP) is 4.01. The Hall–Kier alpha value is -2.88. The van der Waals surface area contributed by atoms with Crippen LogP contribution >= 0.6 is 0 Å². The highest BCUT2D eigenvalue weighted by atomic mass is 16.5. The molecule has 0 atom stereocenters. The van der Waals surface area contributed by atoms with Gasteiger partial charge in [0, 0.05) is 6.08 Å². The largest absolute Gasteiger partial charge is 0.478 e. The van der Waals surface area contributed by atoms with Crippen molar-refractivity contribution in [1.29, 1.82) is 0 Å². The molecule has 0 spiro atoms. The summed E-state index contributed by atoms with van der Waals surface area (Å²) in [5.41, 5.74) is 2.81. The Morgan fingerprint density at radius 3 is 1.96 bits per heavy atom. The average Bonchev–Trinajstić information content (AvgIpc) is 2.54. The van der Waals surface area contributed by atoms with Crippen molar-refractivity contribution in [3.05, 3.63) is 60.2 Å². The quantitative estimate of drug-likeness (QED) is 0.515. The number of carboxylic acid groups (broad SMARTS) is 1. The number of esters is 1. The molecule has 0 amide bonds. The number of aliphatic carboxylic acids is 1. The normalized spacial score (nSPS) is 10.9. The number of ether oxygens (including phenoxy) is 1. The first-order valence-electron chi connectivity index (χ1n) is 7.29. The number of rotatable bonds is 5. The lowest BCUT2D eigenvalue weighted by atomic mass is 10.0. The maximum Gasteiger partial charge on any atom is 0.328 e. The van der Waals surface area contributed by atoms with E-state index < -0.39 is 5.97 Å². The minimum Gasteiger partial charge on any atom is -0.478 e. The van der Waals surface area contributed by atoms with E-state index in [4.69, 9.17) is 9.84 Å². The standard InChI is InChI=1S/C19H18O4/c1-13(2)19(22)23-17-10-8-16(9-11-17)15-6-3-14(4-7-15)5-12-18(20)21/h3-13H,1-2H3,(H,20,21)/b12-5+. The van der Waals surface area contributed by atoms with E-state index in [2.05, 4.69) is 0 Å². The van der Waals surface area contributed by atoms with Crippen LogP contribution < -0.4 is 4.74 Å². The molecule has 0 aliphatic heterocycles. The number of carbonyl (C=O) groups excluding carboxylic acids is 1. The lowest BCUT2D eigenvalue weighted by molar-refractivity contribution is -0.137. The number of hydrogen-bond donors (Lipinski definition) is 1. The molecule has 2 aromatic rings. The van der Waals surface area contributed by atoms with Crippen LogP contribution in [0.25, 0.3) is 17.2 Å². The van der Waals surface area contributed by atoms with Crippen LogP contribution in [0.4, 0.5) is 0 Å². The Balaban J connectivity index is 2.10. The Morgan fingerprint density at radius 2 is 1.48 bits per heavy atom. The van der Waals surface area contributed by atoms with Crippen molar-refractivity contribution in [3.63, 3.8) is 0 Å². The third-order valence-corrected chi connectivity index (χ3v) is 3.21. The van der Waals surface area contributed by atoms with Crippen molar-refractivity contribution < 1.29 is 19.4 Å². The second-order valence-electron chi connectivity index (χ2n) is 5.39. The van der Waals surface area contributed by atoms with E-state index >= 15 is 0 Å². The summed E-state index contributed by atoms with van der Waals surface area (Å²) in [4.78, 5) is 22.0. The zero-order chi connectivity index (χ0) is 16.8. The van der Waals surface area contributed by atoms with Gasteiger partial charge in [-0.1, -0.05) is 50.2 Å². The number of carbonyl (C=O) groups is 2. The van der Waals surface area contributed by atoms with Crippen LogP contribution in [0.3, 0.4) is 0 Å². The molecular weight excluding hydrogens is 292 g/mol. The topological polar surface area (TPSA) is 63.6 Å². The van der Waals surface area contributed by atoms with Crippen molar-refractivity contribution in [2.45, 2.75) is 13.8 Å². The van der Waals surface area contributed by atoms with Crippen LogP contribution in [-0.2, 0) is 9.59 Å². The van der Waals surface area contributed by atoms with E-state index in [0.29, 0.717) is 5.75 Å². The zero-order valence-electron chi connectivity index (χ0n) is 13.0. The molecule has 0 saturated heterocycles. The van der Waals surface area contributed by atoms with E-state index in [1.165, 1.54) is 0 Å². The number of benzene rings is 2. The Morgan fingerprint density at radius 1 is 0.957 bits per heavy atom. The molecule has 4 nitrogen and oxygen atoms in total. The van der Waals surface area contributed by atoms with E-state index in [0.717, 1.165) is 22.8 Å². The minimum atomic E-state index is -0.972. The van der Waals surface area contributed by atoms with Gasteiger partial charge in [0.05, 0.1) is 5.92 Å². The fraction of sp³-hybridized carbons (Fsp3) is 0.158. The Labute approximate surface area is 135 Å². The first-order valence-corrected chi connectivity index (χ1v) is 7.29. The summed E-state index contributed by atoms with van der Waals surface area (Å²) in [5.74, 6) is -0.873. The zero-order valence-corrected chi connectivity index (χ0v) is 13.0. The van der Waals surface area contributed by atoms with Gasteiger partial charge in [-0.15, -0.1) is 0 Å². The van der Waals surface area contributed by atoms with E-state index in [-0.39, 0.29) is 11.9 Å². The van der Waals surface area contributed by atoms with Crippen LogP contribution in [-0.4, -0.2) is 17.0 Å². The average molecular weight is 310 g/mol. The van der Waals surface area contributed by atoms with Crippen molar-refractivity contribution in [2.75, 3.05) is 0 Å². The third kappa shape index (κ3) is 4.81. The van der Waals surface area contributed by atoms with Gasteiger partial charge in [-0.05, 0) is 34.9 Å². The molecule has 0 bridgehead atoms. The Bertz CT molecular complexity index is 710. The van der Waals surface area contributed by atoms with Gasteiger partial charge in [0.15, 0.2) is 0 Å². The molecule has 118 valence electrons. The highest BCUT2D eigenvalue weighted by Crippen LogP contribution is 2.23. The van der Waals surface area contributed by atoms with Crippen LogP contribution in [0.15, 0.2) is 54.6 Å². The lowest BCUT2D eigenvalue weighted by Gasteiger charge is -2.08. The fourth-order valence-electron chi connectivity index (χ4n) is 1.90. The maximum atomic E-state index is 11.5. The first kappa shape index (κ1) is 16.5. The highest BCUT2D eigenvalue weighted by molar-refractivity contribution is 5.85. The van der Waals surface area contributed by atoms with Gasteiger partial charge in [-0.25, -0.2) is 4.79 Å². The van der Waals surface area contributed by atoms with Gasteiger partial charge in [-0.3, -0.25) is 4.79 Å². The summed E-state index contributed by atoms with van der Waals surface area (Å²) >= 11 is 0. The fourth-order valence-corrected chi connectivity index (χ4v) is 1.90. The molecule has 0 aliphatic carbocycles. The SMILES string of the molecule is CC(C)C(=O)Oc1ccc(-c2ccc(/C=C/C(=O)O)cc2)cc1. The summed E-state index contributed by atoms with van der Waals surface area (Å²) in [6.07, 6.45) is 2.65. The summed E-state index contributed by atoms with van der Waals surface area (Å²) in [6.45, 7) is 3.58. The molecule has 0 fully saturated rings. The smallest absolute Gasteiger partial charge is 0.328 e. The van der Waals surface area contributed by atoms with Crippen molar-refractivity contribution >= 4 is 18.0 Å². The van der Waals surface area contributed by atoms with Crippen molar-refractivity contribution in [3.8, 4) is 16.9 Å². The molecule has 2 aromatic carbocycles. The summed E-state index contributed by atoms with van der Waals surface area (Å²) in [5, 5.41) is 8.61. The van der Waals surface area contributed by atoms with Crippen LogP contribution in [0.2, 0.25) is 0 Å². The van der Waals surface area contributed by atoms with Crippen LogP contribution in [0, 0.1) is 5.92 Å². The van der Waals surface area contributed by atoms with Gasteiger partial charge in [-0.2, -0.15) is 0 Å². The summed E-state index contributed by atoms with van der Waals surface area (Å²) < 4.78 is 5.24. The third-order valence-electron chi connectivity index (χ3n) is 3.21. The summed E-state index contributed by atoms with van der Waals surface area (Å²) in [6, 6.07) is 14.8. The molecular formula is C19H18O4. The Kier molecular flexibility index (Phi) is 5.31. The van der Waals surface area contributed by atoms with Gasteiger partial charge >= 0.3 is 11.9 Å². The van der Waals surface area contributed by atoms with E-state index in [1.807, 2.05) is 36.4 Å². The monoisotopic (exact) mass is 310 g/mol. The van der Waals surface area contributed by atoms with Crippen LogP contribution in [0.5, 0.6) is 5.75 Å². The highest BCUT2D eigenvalue weighted by Gasteiger charge is 2.09. The molecule has 1 N–H and O–H groups in total. The first-order chi connectivity index (χ1) is 11.0. The van der Waals surface area contributed by atoms with Crippen LogP contribution in [0.1, 0.15) is 19.4 Å². The molecule has 4 heteroatoms. The van der Waals surface area contributed by atoms with E-state index in [1.54, 1.807) is 32.1 Å². The minimum absolute atomic E-state index is 0.166. The van der Waals surface area contributed by atoms with Gasteiger partial charge < -0.3 is 9.84 Å². The number of hydrogen-bond acceptors (Lipinski definition) is 3. The van der Waals surface area contributed by atoms with E-state index in [9.17, 15) is 9.59 Å². The van der Waals surface area contributed by atoms with Gasteiger partial charge in [0.2, 0.25) is 0 Å². The second kappa shape index (κ2) is 7.40. The number of carboxylic acids is 1. The second-order valence-corrected chi connectivity index (χ2v) is 5.39. The maximum absolute atomic E-state index is 11.5. The lowest BCUT2D eigenvalue weighted by Crippen LogP contribution is -2.14. The molecule has 0 aromatic heterocycles. The van der Waals surface area contributed by atoms with Gasteiger partial charge in [0.25, 0.3) is 0 Å². The van der Waals surface area contributed by atoms with Crippen molar-refractivity contribution in [1.82, 2.24) is 0 Å². The molecule has 0 radical (unpaired) electrons. The molecule has 23 heavy (non-hydrogen) atoms. The molecule has 0 aliphatic rings.